The highest BCUT2D eigenvalue weighted by atomic mass is 19.1. The lowest BCUT2D eigenvalue weighted by Gasteiger charge is -2.05. The molecular weight excluding hydrogens is 233 g/mol. The van der Waals surface area contributed by atoms with Crippen LogP contribution in [0.15, 0.2) is 36.5 Å². The average Bonchev–Trinajstić information content (AvgIpc) is 2.34. The first-order chi connectivity index (χ1) is 8.56. The minimum Gasteiger partial charge on any atom is -0.439 e. The molecule has 0 unspecified atom stereocenters. The van der Waals surface area contributed by atoms with Gasteiger partial charge in [-0.2, -0.15) is 0 Å². The SMILES string of the molecule is CC(=O)c1ccc(Oc2ccc(C)c(F)c2)nc1. The van der Waals surface area contributed by atoms with Gasteiger partial charge in [-0.15, -0.1) is 0 Å². The van der Waals surface area contributed by atoms with Crippen molar-refractivity contribution in [1.29, 1.82) is 0 Å². The van der Waals surface area contributed by atoms with Gasteiger partial charge in [-0.25, -0.2) is 9.37 Å². The maximum Gasteiger partial charge on any atom is 0.219 e. The Balaban J connectivity index is 2.18. The lowest BCUT2D eigenvalue weighted by atomic mass is 10.2. The maximum atomic E-state index is 13.3. The third kappa shape index (κ3) is 2.71. The van der Waals surface area contributed by atoms with E-state index in [1.807, 2.05) is 0 Å². The monoisotopic (exact) mass is 245 g/mol. The van der Waals surface area contributed by atoms with Crippen LogP contribution < -0.4 is 4.74 Å². The molecule has 18 heavy (non-hydrogen) atoms. The Morgan fingerprint density at radius 3 is 2.61 bits per heavy atom. The van der Waals surface area contributed by atoms with Gasteiger partial charge in [-0.3, -0.25) is 4.79 Å². The van der Waals surface area contributed by atoms with Crippen molar-refractivity contribution in [3.05, 3.63) is 53.5 Å². The zero-order valence-corrected chi connectivity index (χ0v) is 10.1. The normalized spacial score (nSPS) is 10.2. The van der Waals surface area contributed by atoms with Crippen molar-refractivity contribution < 1.29 is 13.9 Å². The van der Waals surface area contributed by atoms with Crippen LogP contribution in [0.4, 0.5) is 4.39 Å². The summed E-state index contributed by atoms with van der Waals surface area (Å²) in [7, 11) is 0. The molecule has 2 rings (SSSR count). The molecule has 0 atom stereocenters. The summed E-state index contributed by atoms with van der Waals surface area (Å²) in [6.07, 6.45) is 1.43. The Labute approximate surface area is 104 Å². The Morgan fingerprint density at radius 2 is 2.06 bits per heavy atom. The van der Waals surface area contributed by atoms with Crippen molar-refractivity contribution in [1.82, 2.24) is 4.98 Å². The fourth-order valence-corrected chi connectivity index (χ4v) is 1.41. The molecule has 0 N–H and O–H groups in total. The molecule has 0 fully saturated rings. The van der Waals surface area contributed by atoms with Gasteiger partial charge >= 0.3 is 0 Å². The largest absolute Gasteiger partial charge is 0.439 e. The van der Waals surface area contributed by atoms with E-state index < -0.39 is 0 Å². The third-order valence-electron chi connectivity index (χ3n) is 2.51. The summed E-state index contributed by atoms with van der Waals surface area (Å²) in [6, 6.07) is 7.80. The van der Waals surface area contributed by atoms with Crippen LogP contribution >= 0.6 is 0 Å². The number of ether oxygens (including phenoxy) is 1. The highest BCUT2D eigenvalue weighted by molar-refractivity contribution is 5.93. The molecule has 0 spiro atoms. The van der Waals surface area contributed by atoms with Crippen LogP contribution in [0.3, 0.4) is 0 Å². The number of aromatic nitrogens is 1. The van der Waals surface area contributed by atoms with Gasteiger partial charge in [-0.1, -0.05) is 6.07 Å². The number of hydrogen-bond acceptors (Lipinski definition) is 3. The molecule has 1 aromatic carbocycles. The lowest BCUT2D eigenvalue weighted by molar-refractivity contribution is 0.101. The zero-order valence-electron chi connectivity index (χ0n) is 10.1. The number of carbonyl (C=O) groups is 1. The number of aryl methyl sites for hydroxylation is 1. The second-order valence-corrected chi connectivity index (χ2v) is 3.95. The van der Waals surface area contributed by atoms with Crippen LogP contribution in [-0.4, -0.2) is 10.8 Å². The molecular formula is C14H12FNO2. The smallest absolute Gasteiger partial charge is 0.219 e. The molecule has 0 saturated heterocycles. The molecule has 0 aliphatic carbocycles. The van der Waals surface area contributed by atoms with Gasteiger partial charge in [0.1, 0.15) is 11.6 Å². The van der Waals surface area contributed by atoms with E-state index in [4.69, 9.17) is 4.74 Å². The maximum absolute atomic E-state index is 13.3. The number of nitrogens with zero attached hydrogens (tertiary/aromatic N) is 1. The lowest BCUT2D eigenvalue weighted by Crippen LogP contribution is -1.94. The van der Waals surface area contributed by atoms with Crippen LogP contribution in [-0.2, 0) is 0 Å². The van der Waals surface area contributed by atoms with Crippen LogP contribution in [0, 0.1) is 12.7 Å². The first kappa shape index (κ1) is 12.2. The predicted octanol–water partition coefficient (Wildman–Crippen LogP) is 3.52. The quantitative estimate of drug-likeness (QED) is 0.776. The summed E-state index contributed by atoms with van der Waals surface area (Å²) in [4.78, 5) is 15.0. The summed E-state index contributed by atoms with van der Waals surface area (Å²) in [5.74, 6) is 0.313. The van der Waals surface area contributed by atoms with E-state index in [-0.39, 0.29) is 11.6 Å². The molecule has 2 aromatic rings. The molecule has 0 saturated carbocycles. The van der Waals surface area contributed by atoms with E-state index in [2.05, 4.69) is 4.98 Å². The number of carbonyl (C=O) groups excluding carboxylic acids is 1. The Hall–Kier alpha value is -2.23. The summed E-state index contributed by atoms with van der Waals surface area (Å²) in [6.45, 7) is 3.14. The Bertz CT molecular complexity index is 579. The standard InChI is InChI=1S/C14H12FNO2/c1-9-3-5-12(7-13(9)15)18-14-6-4-11(8-16-14)10(2)17/h3-8H,1-2H3. The minimum absolute atomic E-state index is 0.0598. The van der Waals surface area contributed by atoms with Gasteiger partial charge in [0.15, 0.2) is 5.78 Å². The van der Waals surface area contributed by atoms with Gasteiger partial charge in [0, 0.05) is 23.9 Å². The second kappa shape index (κ2) is 4.96. The fraction of sp³-hybridized carbons (Fsp3) is 0.143. The summed E-state index contributed by atoms with van der Waals surface area (Å²) in [5.41, 5.74) is 1.07. The second-order valence-electron chi connectivity index (χ2n) is 3.95. The van der Waals surface area contributed by atoms with Gasteiger partial charge in [0.2, 0.25) is 5.88 Å². The van der Waals surface area contributed by atoms with Gasteiger partial charge in [0.25, 0.3) is 0 Å². The van der Waals surface area contributed by atoms with Gasteiger partial charge in [0.05, 0.1) is 0 Å². The van der Waals surface area contributed by atoms with Crippen molar-refractivity contribution in [2.24, 2.45) is 0 Å². The summed E-state index contributed by atoms with van der Waals surface area (Å²) >= 11 is 0. The first-order valence-corrected chi connectivity index (χ1v) is 5.47. The van der Waals surface area contributed by atoms with Crippen LogP contribution in [0.25, 0.3) is 0 Å². The molecule has 92 valence electrons. The number of ketones is 1. The first-order valence-electron chi connectivity index (χ1n) is 5.47. The Kier molecular flexibility index (Phi) is 3.37. The van der Waals surface area contributed by atoms with Crippen molar-refractivity contribution in [2.75, 3.05) is 0 Å². The molecule has 1 heterocycles. The van der Waals surface area contributed by atoms with E-state index in [1.54, 1.807) is 31.2 Å². The fourth-order valence-electron chi connectivity index (χ4n) is 1.41. The molecule has 3 nitrogen and oxygen atoms in total. The molecule has 4 heteroatoms. The molecule has 0 radical (unpaired) electrons. The van der Waals surface area contributed by atoms with Crippen LogP contribution in [0.5, 0.6) is 11.6 Å². The van der Waals surface area contributed by atoms with Crippen molar-refractivity contribution in [2.45, 2.75) is 13.8 Å². The van der Waals surface area contributed by atoms with E-state index >= 15 is 0 Å². The Morgan fingerprint density at radius 1 is 1.28 bits per heavy atom. The summed E-state index contributed by atoms with van der Waals surface area (Å²) < 4.78 is 18.7. The summed E-state index contributed by atoms with van der Waals surface area (Å²) in [5, 5.41) is 0. The van der Waals surface area contributed by atoms with E-state index in [9.17, 15) is 9.18 Å². The number of halogens is 1. The molecule has 0 aliphatic rings. The number of hydrogen-bond donors (Lipinski definition) is 0. The van der Waals surface area contributed by atoms with Crippen molar-refractivity contribution in [3.8, 4) is 11.6 Å². The van der Waals surface area contributed by atoms with E-state index in [0.717, 1.165) is 0 Å². The predicted molar refractivity (Wildman–Crippen MR) is 65.5 cm³/mol. The molecule has 0 bridgehead atoms. The van der Waals surface area contributed by atoms with E-state index in [0.29, 0.717) is 22.8 Å². The van der Waals surface area contributed by atoms with Gasteiger partial charge in [-0.05, 0) is 31.5 Å². The van der Waals surface area contributed by atoms with Crippen LogP contribution in [0.1, 0.15) is 22.8 Å². The van der Waals surface area contributed by atoms with Gasteiger partial charge < -0.3 is 4.74 Å². The highest BCUT2D eigenvalue weighted by Crippen LogP contribution is 2.21. The van der Waals surface area contributed by atoms with Crippen LogP contribution in [0.2, 0.25) is 0 Å². The number of rotatable bonds is 3. The number of pyridine rings is 1. The third-order valence-corrected chi connectivity index (χ3v) is 2.51. The van der Waals surface area contributed by atoms with Crippen molar-refractivity contribution in [3.63, 3.8) is 0 Å². The van der Waals surface area contributed by atoms with Crippen molar-refractivity contribution >= 4 is 5.78 Å². The zero-order chi connectivity index (χ0) is 13.1. The molecule has 1 aromatic heterocycles. The topological polar surface area (TPSA) is 39.2 Å². The minimum atomic E-state index is -0.326. The molecule has 0 aliphatic heterocycles. The van der Waals surface area contributed by atoms with E-state index in [1.165, 1.54) is 19.2 Å². The number of Topliss-reactive ketones (excluding diaryl/α,β-unsaturated/α-hetero) is 1. The average molecular weight is 245 g/mol. The number of benzene rings is 1. The molecule has 0 amide bonds. The highest BCUT2D eigenvalue weighted by Gasteiger charge is 2.04.